The minimum Gasteiger partial charge on any atom is -0.258 e. The lowest BCUT2D eigenvalue weighted by atomic mass is 10.4. The molecule has 70 valence electrons. The van der Waals surface area contributed by atoms with Gasteiger partial charge in [-0.15, -0.1) is 0 Å². The van der Waals surface area contributed by atoms with Crippen molar-refractivity contribution in [2.24, 2.45) is 0 Å². The van der Waals surface area contributed by atoms with E-state index in [2.05, 4.69) is 9.97 Å². The first-order valence-corrected chi connectivity index (χ1v) is 3.52. The summed E-state index contributed by atoms with van der Waals surface area (Å²) in [5.74, 6) is 0. The van der Waals surface area contributed by atoms with Gasteiger partial charge in [-0.2, -0.15) is 13.2 Å². The zero-order chi connectivity index (χ0) is 9.90. The zero-order valence-electron chi connectivity index (χ0n) is 6.84. The summed E-state index contributed by atoms with van der Waals surface area (Å²) in [6.07, 6.45) is -0.584. The minimum atomic E-state index is -4.30. The lowest BCUT2D eigenvalue weighted by Crippen LogP contribution is -2.00. The van der Waals surface area contributed by atoms with Crippen LogP contribution >= 0.6 is 0 Å². The second-order valence-electron chi connectivity index (χ2n) is 2.46. The van der Waals surface area contributed by atoms with Crippen molar-refractivity contribution < 1.29 is 13.2 Å². The van der Waals surface area contributed by atoms with E-state index in [-0.39, 0.29) is 11.8 Å². The van der Waals surface area contributed by atoms with E-state index in [0.29, 0.717) is 5.69 Å². The molecule has 0 N–H and O–H groups in total. The van der Waals surface area contributed by atoms with Crippen molar-refractivity contribution in [2.75, 3.05) is 0 Å². The summed E-state index contributed by atoms with van der Waals surface area (Å²) >= 11 is 0. The fourth-order valence-electron chi connectivity index (χ4n) is 0.669. The summed E-state index contributed by atoms with van der Waals surface area (Å²) in [5.41, 5.74) is 0.868. The number of aryl methyl sites for hydroxylation is 1. The molecule has 0 aliphatic heterocycles. The van der Waals surface area contributed by atoms with Crippen LogP contribution in [0.5, 0.6) is 0 Å². The molecule has 0 unspecified atom stereocenters. The first kappa shape index (κ1) is 9.70. The van der Waals surface area contributed by atoms with Gasteiger partial charge in [-0.25, -0.2) is 0 Å². The molecule has 2 nitrogen and oxygen atoms in total. The summed E-state index contributed by atoms with van der Waals surface area (Å²) in [5, 5.41) is 0. The third kappa shape index (κ3) is 3.68. The minimum absolute atomic E-state index is 0.131. The Bertz CT molecular complexity index is 300. The van der Waals surface area contributed by atoms with Crippen molar-refractivity contribution in [1.29, 1.82) is 0 Å². The van der Waals surface area contributed by atoms with Gasteiger partial charge in [-0.1, -0.05) is 0 Å². The van der Waals surface area contributed by atoms with Crippen LogP contribution in [0.1, 0.15) is 11.4 Å². The molecule has 0 atom stereocenters. The maximum absolute atomic E-state index is 11.7. The average molecular weight is 188 g/mol. The zero-order valence-corrected chi connectivity index (χ0v) is 6.84. The molecule has 13 heavy (non-hydrogen) atoms. The predicted molar refractivity (Wildman–Crippen MR) is 41.9 cm³/mol. The van der Waals surface area contributed by atoms with Gasteiger partial charge in [0.15, 0.2) is 0 Å². The van der Waals surface area contributed by atoms with E-state index in [0.717, 1.165) is 6.08 Å². The van der Waals surface area contributed by atoms with Crippen LogP contribution in [0.15, 0.2) is 18.5 Å². The van der Waals surface area contributed by atoms with Crippen LogP contribution in [0, 0.1) is 6.92 Å². The number of rotatable bonds is 1. The molecule has 0 amide bonds. The molecule has 0 radical (unpaired) electrons. The number of alkyl halides is 3. The van der Waals surface area contributed by atoms with Gasteiger partial charge < -0.3 is 0 Å². The number of aromatic nitrogens is 2. The largest absolute Gasteiger partial charge is 0.409 e. The second kappa shape index (κ2) is 3.55. The summed E-state index contributed by atoms with van der Waals surface area (Å²) in [7, 11) is 0. The summed E-state index contributed by atoms with van der Waals surface area (Å²) in [4.78, 5) is 7.53. The van der Waals surface area contributed by atoms with E-state index in [9.17, 15) is 13.2 Å². The Balaban J connectivity index is 2.75. The average Bonchev–Trinajstić information content (AvgIpc) is 2.02. The summed E-state index contributed by atoms with van der Waals surface area (Å²) in [6.45, 7) is 1.71. The van der Waals surface area contributed by atoms with Crippen LogP contribution < -0.4 is 0 Å². The third-order valence-corrected chi connectivity index (χ3v) is 1.24. The van der Waals surface area contributed by atoms with Gasteiger partial charge in [-0.3, -0.25) is 9.97 Å². The molecule has 1 heterocycles. The highest BCUT2D eigenvalue weighted by Crippen LogP contribution is 2.17. The molecular weight excluding hydrogens is 181 g/mol. The standard InChI is InChI=1S/C8H7F3N2/c1-6-4-13-7(5-12-6)2-3-8(9,10)11/h2-5H,1H3/b3-2+. The fraction of sp³-hybridized carbons (Fsp3) is 0.250. The molecule has 0 bridgehead atoms. The predicted octanol–water partition coefficient (Wildman–Crippen LogP) is 2.36. The van der Waals surface area contributed by atoms with E-state index in [1.165, 1.54) is 12.4 Å². The SMILES string of the molecule is Cc1cnc(/C=C/C(F)(F)F)cn1. The van der Waals surface area contributed by atoms with Crippen molar-refractivity contribution in [2.45, 2.75) is 13.1 Å². The molecule has 1 aromatic heterocycles. The molecule has 0 spiro atoms. The van der Waals surface area contributed by atoms with Crippen LogP contribution in [0.25, 0.3) is 6.08 Å². The number of nitrogens with zero attached hydrogens (tertiary/aromatic N) is 2. The topological polar surface area (TPSA) is 25.8 Å². The van der Waals surface area contributed by atoms with E-state index in [1.54, 1.807) is 6.92 Å². The highest BCUT2D eigenvalue weighted by atomic mass is 19.4. The van der Waals surface area contributed by atoms with E-state index in [1.807, 2.05) is 0 Å². The highest BCUT2D eigenvalue weighted by molar-refractivity contribution is 5.43. The van der Waals surface area contributed by atoms with Crippen molar-refractivity contribution in [3.05, 3.63) is 29.9 Å². The molecule has 5 heteroatoms. The fourth-order valence-corrected chi connectivity index (χ4v) is 0.669. The van der Waals surface area contributed by atoms with E-state index >= 15 is 0 Å². The summed E-state index contributed by atoms with van der Waals surface area (Å²) < 4.78 is 35.1. The van der Waals surface area contributed by atoms with Crippen LogP contribution in [-0.2, 0) is 0 Å². The van der Waals surface area contributed by atoms with Gasteiger partial charge in [0.1, 0.15) is 0 Å². The van der Waals surface area contributed by atoms with Gasteiger partial charge in [0, 0.05) is 12.3 Å². The summed E-state index contributed by atoms with van der Waals surface area (Å²) in [6, 6.07) is 0. The molecular formula is C8H7F3N2. The third-order valence-electron chi connectivity index (χ3n) is 1.24. The Labute approximate surface area is 73.1 Å². The number of hydrogen-bond acceptors (Lipinski definition) is 2. The van der Waals surface area contributed by atoms with Gasteiger partial charge in [0.25, 0.3) is 0 Å². The van der Waals surface area contributed by atoms with E-state index < -0.39 is 6.18 Å². The molecule has 0 saturated heterocycles. The monoisotopic (exact) mass is 188 g/mol. The van der Waals surface area contributed by atoms with Crippen molar-refractivity contribution in [3.63, 3.8) is 0 Å². The molecule has 0 aliphatic carbocycles. The first-order chi connectivity index (χ1) is 5.97. The van der Waals surface area contributed by atoms with Crippen LogP contribution in [0.4, 0.5) is 13.2 Å². The van der Waals surface area contributed by atoms with Crippen molar-refractivity contribution in [1.82, 2.24) is 9.97 Å². The lowest BCUT2D eigenvalue weighted by Gasteiger charge is -1.97. The molecule has 1 rings (SSSR count). The Morgan fingerprint density at radius 2 is 1.92 bits per heavy atom. The molecule has 0 saturated carbocycles. The molecule has 0 aromatic carbocycles. The van der Waals surface area contributed by atoms with Gasteiger partial charge >= 0.3 is 6.18 Å². The number of hydrogen-bond donors (Lipinski definition) is 0. The Hall–Kier alpha value is -1.39. The normalized spacial score (nSPS) is 12.3. The van der Waals surface area contributed by atoms with Crippen LogP contribution in [0.2, 0.25) is 0 Å². The van der Waals surface area contributed by atoms with Gasteiger partial charge in [0.2, 0.25) is 0 Å². The second-order valence-corrected chi connectivity index (χ2v) is 2.46. The first-order valence-electron chi connectivity index (χ1n) is 3.52. The maximum Gasteiger partial charge on any atom is 0.409 e. The molecule has 0 fully saturated rings. The Morgan fingerprint density at radius 3 is 2.38 bits per heavy atom. The van der Waals surface area contributed by atoms with E-state index in [4.69, 9.17) is 0 Å². The maximum atomic E-state index is 11.7. The Kier molecular flexibility index (Phi) is 2.65. The van der Waals surface area contributed by atoms with Crippen LogP contribution in [0.3, 0.4) is 0 Å². The van der Waals surface area contributed by atoms with Crippen molar-refractivity contribution in [3.8, 4) is 0 Å². The Morgan fingerprint density at radius 1 is 1.23 bits per heavy atom. The highest BCUT2D eigenvalue weighted by Gasteiger charge is 2.21. The lowest BCUT2D eigenvalue weighted by molar-refractivity contribution is -0.0790. The smallest absolute Gasteiger partial charge is 0.258 e. The van der Waals surface area contributed by atoms with Crippen LogP contribution in [-0.4, -0.2) is 16.1 Å². The van der Waals surface area contributed by atoms with Crippen molar-refractivity contribution >= 4 is 6.08 Å². The number of halogens is 3. The van der Waals surface area contributed by atoms with Gasteiger partial charge in [-0.05, 0) is 13.0 Å². The quantitative estimate of drug-likeness (QED) is 0.676. The molecule has 0 aliphatic rings. The number of allylic oxidation sites excluding steroid dienone is 1. The van der Waals surface area contributed by atoms with Gasteiger partial charge in [0.05, 0.1) is 17.6 Å². The molecule has 1 aromatic rings.